The summed E-state index contributed by atoms with van der Waals surface area (Å²) >= 11 is 0. The molecule has 1 aromatic carbocycles. The molecule has 1 aliphatic heterocycles. The van der Waals surface area contributed by atoms with Crippen LogP contribution in [0.3, 0.4) is 0 Å². The Morgan fingerprint density at radius 1 is 0.585 bits per heavy atom. The summed E-state index contributed by atoms with van der Waals surface area (Å²) < 4.78 is 43.4. The molecule has 0 atom stereocenters. The number of aromatic nitrogens is 4. The van der Waals surface area contributed by atoms with Crippen LogP contribution in [-0.2, 0) is 68.5 Å². The third kappa shape index (κ3) is 20.1. The lowest BCUT2D eigenvalue weighted by Crippen LogP contribution is -2.32. The minimum Gasteiger partial charge on any atom is -0.379 e. The molecule has 3 rings (SSSR count). The molecule has 0 saturated carbocycles. The summed E-state index contributed by atoms with van der Waals surface area (Å²) in [6, 6.07) is 7.52. The fraction of sp³-hybridized carbons (Fsp3) is 0.647. The number of ether oxygens (including phenoxy) is 8. The van der Waals surface area contributed by atoms with Gasteiger partial charge in [0.2, 0.25) is 11.7 Å². The van der Waals surface area contributed by atoms with Crippen molar-refractivity contribution in [2.45, 2.75) is 39.2 Å². The predicted molar refractivity (Wildman–Crippen MR) is 183 cm³/mol. The van der Waals surface area contributed by atoms with Crippen LogP contribution >= 0.6 is 0 Å². The van der Waals surface area contributed by atoms with Crippen molar-refractivity contribution in [2.75, 3.05) is 106 Å². The van der Waals surface area contributed by atoms with Crippen molar-refractivity contribution in [2.24, 2.45) is 0 Å². The summed E-state index contributed by atoms with van der Waals surface area (Å²) in [5.41, 5.74) is 1.75. The van der Waals surface area contributed by atoms with E-state index in [2.05, 4.69) is 25.7 Å². The Morgan fingerprint density at radius 3 is 1.42 bits per heavy atom. The van der Waals surface area contributed by atoms with Crippen molar-refractivity contribution >= 4 is 23.7 Å². The molecule has 1 saturated heterocycles. The average molecular weight is 751 g/mol. The van der Waals surface area contributed by atoms with Crippen molar-refractivity contribution in [3.8, 4) is 11.4 Å². The lowest BCUT2D eigenvalue weighted by molar-refractivity contribution is -0.198. The molecule has 0 bridgehead atoms. The molecule has 1 aliphatic rings. The van der Waals surface area contributed by atoms with E-state index < -0.39 is 17.8 Å². The van der Waals surface area contributed by atoms with Crippen LogP contribution < -0.4 is 5.32 Å². The molecule has 0 radical (unpaired) electrons. The maximum Gasteiger partial charge on any atom is 0.335 e. The minimum atomic E-state index is -0.705. The van der Waals surface area contributed by atoms with Gasteiger partial charge >= 0.3 is 5.97 Å². The molecule has 1 fully saturated rings. The lowest BCUT2D eigenvalue weighted by atomic mass is 10.1. The highest BCUT2D eigenvalue weighted by Crippen LogP contribution is 2.14. The second-order valence-electron chi connectivity index (χ2n) is 11.2. The quantitative estimate of drug-likeness (QED) is 0.0813. The van der Waals surface area contributed by atoms with Crippen LogP contribution in [0.25, 0.3) is 11.4 Å². The van der Waals surface area contributed by atoms with Crippen molar-refractivity contribution in [1.29, 1.82) is 0 Å². The largest absolute Gasteiger partial charge is 0.379 e. The third-order valence-electron chi connectivity index (χ3n) is 7.01. The lowest BCUT2D eigenvalue weighted by Gasteiger charge is -2.12. The van der Waals surface area contributed by atoms with Crippen molar-refractivity contribution < 1.29 is 61.9 Å². The smallest absolute Gasteiger partial charge is 0.335 e. The highest BCUT2D eigenvalue weighted by molar-refractivity contribution is 6.01. The number of aryl methyl sites for hydroxylation is 1. The zero-order chi connectivity index (χ0) is 37.8. The number of hydroxylamine groups is 2. The summed E-state index contributed by atoms with van der Waals surface area (Å²) in [6.45, 7) is 8.20. The van der Waals surface area contributed by atoms with Gasteiger partial charge in [0.1, 0.15) is 0 Å². The Bertz CT molecular complexity index is 1320. The maximum atomic E-state index is 12.1. The summed E-state index contributed by atoms with van der Waals surface area (Å²) in [4.78, 5) is 51.3. The molecule has 19 nitrogen and oxygen atoms in total. The maximum absolute atomic E-state index is 12.1. The van der Waals surface area contributed by atoms with Gasteiger partial charge in [0.25, 0.3) is 11.8 Å². The van der Waals surface area contributed by atoms with E-state index in [1.165, 1.54) is 0 Å². The van der Waals surface area contributed by atoms with Crippen LogP contribution in [0, 0.1) is 6.92 Å². The summed E-state index contributed by atoms with van der Waals surface area (Å²) in [7, 11) is 0. The third-order valence-corrected chi connectivity index (χ3v) is 7.01. The van der Waals surface area contributed by atoms with E-state index in [4.69, 9.17) is 42.7 Å². The SMILES string of the molecule is Cc1nnc(-c2ccc(CNC(=O)CCOCCOCCOCCOCCOCCOCCOCCOCCC(=O)ON3C(=O)CCC3=O)cc2)nn1. The van der Waals surface area contributed by atoms with Gasteiger partial charge in [-0.2, -0.15) is 0 Å². The molecule has 2 heterocycles. The molecule has 53 heavy (non-hydrogen) atoms. The monoisotopic (exact) mass is 750 g/mol. The number of rotatable bonds is 31. The molecule has 2 aromatic rings. The topological polar surface area (TPSA) is 218 Å². The Labute approximate surface area is 308 Å². The molecule has 0 spiro atoms. The first kappa shape index (κ1) is 43.3. The van der Waals surface area contributed by atoms with Gasteiger partial charge in [-0.05, 0) is 12.5 Å². The number of hydrogen-bond donors (Lipinski definition) is 1. The molecule has 0 aliphatic carbocycles. The zero-order valence-electron chi connectivity index (χ0n) is 30.2. The number of nitrogens with zero attached hydrogens (tertiary/aromatic N) is 5. The minimum absolute atomic E-state index is 0.0539. The Kier molecular flexibility index (Phi) is 22.5. The summed E-state index contributed by atoms with van der Waals surface area (Å²) in [6.07, 6.45) is 0.283. The number of benzene rings is 1. The van der Waals surface area contributed by atoms with Gasteiger partial charge in [0.15, 0.2) is 5.82 Å². The Morgan fingerprint density at radius 2 is 0.981 bits per heavy atom. The first-order valence-corrected chi connectivity index (χ1v) is 17.5. The molecular formula is C34H50N6O13. The highest BCUT2D eigenvalue weighted by Gasteiger charge is 2.32. The molecule has 3 amide bonds. The summed E-state index contributed by atoms with van der Waals surface area (Å²) in [5, 5.41) is 19.2. The Balaban J connectivity index is 0.963. The fourth-order valence-corrected chi connectivity index (χ4v) is 4.22. The molecule has 1 N–H and O–H groups in total. The number of carbonyl (C=O) groups is 4. The molecule has 0 unspecified atom stereocenters. The highest BCUT2D eigenvalue weighted by atomic mass is 16.7. The number of hydrogen-bond acceptors (Lipinski definition) is 17. The number of imide groups is 1. The molecular weight excluding hydrogens is 700 g/mol. The fourth-order valence-electron chi connectivity index (χ4n) is 4.22. The second-order valence-corrected chi connectivity index (χ2v) is 11.2. The number of carbonyl (C=O) groups excluding carboxylic acids is 4. The summed E-state index contributed by atoms with van der Waals surface area (Å²) in [5.74, 6) is -0.877. The van der Waals surface area contributed by atoms with E-state index in [9.17, 15) is 19.2 Å². The van der Waals surface area contributed by atoms with Gasteiger partial charge in [0, 0.05) is 31.4 Å². The molecule has 1 aromatic heterocycles. The zero-order valence-corrected chi connectivity index (χ0v) is 30.2. The van der Waals surface area contributed by atoms with E-state index in [0.29, 0.717) is 116 Å². The van der Waals surface area contributed by atoms with Crippen LogP contribution in [-0.4, -0.2) is 155 Å². The van der Waals surface area contributed by atoms with Crippen molar-refractivity contribution in [3.63, 3.8) is 0 Å². The molecule has 294 valence electrons. The van der Waals surface area contributed by atoms with E-state index in [0.717, 1.165) is 11.1 Å². The van der Waals surface area contributed by atoms with Crippen molar-refractivity contribution in [1.82, 2.24) is 30.8 Å². The van der Waals surface area contributed by atoms with Crippen molar-refractivity contribution in [3.05, 3.63) is 35.7 Å². The van der Waals surface area contributed by atoms with Gasteiger partial charge in [-0.25, -0.2) is 4.79 Å². The van der Waals surface area contributed by atoms with Crippen LogP contribution in [0.2, 0.25) is 0 Å². The number of amides is 3. The number of nitrogens with one attached hydrogen (secondary N) is 1. The Hall–Kier alpha value is -4.08. The van der Waals surface area contributed by atoms with Gasteiger partial charge in [-0.3, -0.25) is 14.4 Å². The first-order valence-electron chi connectivity index (χ1n) is 17.5. The van der Waals surface area contributed by atoms with Crippen LogP contribution in [0.5, 0.6) is 0 Å². The second kappa shape index (κ2) is 27.5. The normalized spacial score (nSPS) is 12.8. The van der Waals surface area contributed by atoms with Crippen LogP contribution in [0.1, 0.15) is 37.1 Å². The van der Waals surface area contributed by atoms with Crippen LogP contribution in [0.4, 0.5) is 0 Å². The standard InChI is InChI=1S/C34H50N6O13/c1-27-36-38-34(39-37-27)29-4-2-28(3-5-29)26-35-30(41)8-10-45-12-14-47-16-18-49-20-22-51-24-25-52-23-21-50-19-17-48-15-13-46-11-9-33(44)53-40-31(42)6-7-32(40)43/h2-5H,6-26H2,1H3,(H,35,41). The van der Waals surface area contributed by atoms with Gasteiger partial charge < -0.3 is 48.0 Å². The first-order chi connectivity index (χ1) is 25.9. The van der Waals surface area contributed by atoms with E-state index in [1.807, 2.05) is 24.3 Å². The molecule has 19 heteroatoms. The van der Waals surface area contributed by atoms with Gasteiger partial charge in [0.05, 0.1) is 112 Å². The van der Waals surface area contributed by atoms with E-state index in [1.54, 1.807) is 6.92 Å². The average Bonchev–Trinajstić information content (AvgIpc) is 3.48. The van der Waals surface area contributed by atoms with Gasteiger partial charge in [-0.1, -0.05) is 24.3 Å². The van der Waals surface area contributed by atoms with Gasteiger partial charge in [-0.15, -0.1) is 25.5 Å². The van der Waals surface area contributed by atoms with E-state index >= 15 is 0 Å². The van der Waals surface area contributed by atoms with Crippen LogP contribution in [0.15, 0.2) is 24.3 Å². The van der Waals surface area contributed by atoms with E-state index in [-0.39, 0.29) is 44.8 Å². The predicted octanol–water partition coefficient (Wildman–Crippen LogP) is 0.378.